The molecule has 5 N–H and O–H groups in total. The minimum absolute atomic E-state index is 0.244. The van der Waals surface area contributed by atoms with Crippen LogP contribution in [0, 0.1) is 5.82 Å². The van der Waals surface area contributed by atoms with Crippen molar-refractivity contribution in [1.82, 2.24) is 4.90 Å². The SMILES string of the molecule is CC(O)CN(Cc1cccc(-c2cccc(F)c2)c1)Cc1ccc2c(c1)OCO2.O=C(O)CC(O)(CC(=O)O)C(=O)O. The summed E-state index contributed by atoms with van der Waals surface area (Å²) in [7, 11) is 0. The maximum atomic E-state index is 13.6. The van der Waals surface area contributed by atoms with Crippen LogP contribution >= 0.6 is 0 Å². The summed E-state index contributed by atoms with van der Waals surface area (Å²) in [5.74, 6) is -3.74. The van der Waals surface area contributed by atoms with Gasteiger partial charge in [-0.1, -0.05) is 36.4 Å². The van der Waals surface area contributed by atoms with Crippen molar-refractivity contribution in [2.75, 3.05) is 13.3 Å². The number of carboxylic acids is 3. The minimum Gasteiger partial charge on any atom is -0.481 e. The van der Waals surface area contributed by atoms with Gasteiger partial charge in [0.15, 0.2) is 17.1 Å². The van der Waals surface area contributed by atoms with E-state index in [0.29, 0.717) is 19.6 Å². The first-order chi connectivity index (χ1) is 19.8. The zero-order valence-corrected chi connectivity index (χ0v) is 22.8. The fourth-order valence-corrected chi connectivity index (χ4v) is 4.35. The second-order valence-electron chi connectivity index (χ2n) is 9.89. The van der Waals surface area contributed by atoms with E-state index in [1.54, 1.807) is 19.1 Å². The van der Waals surface area contributed by atoms with Crippen LogP contribution in [0.2, 0.25) is 0 Å². The molecule has 11 nitrogen and oxygen atoms in total. The van der Waals surface area contributed by atoms with E-state index in [-0.39, 0.29) is 12.6 Å². The molecule has 1 aliphatic heterocycles. The van der Waals surface area contributed by atoms with Crippen molar-refractivity contribution in [2.24, 2.45) is 0 Å². The van der Waals surface area contributed by atoms with Crippen molar-refractivity contribution in [3.05, 3.63) is 83.7 Å². The molecule has 0 bridgehead atoms. The molecule has 1 atom stereocenters. The van der Waals surface area contributed by atoms with E-state index in [4.69, 9.17) is 29.9 Å². The zero-order valence-electron chi connectivity index (χ0n) is 22.8. The van der Waals surface area contributed by atoms with Gasteiger partial charge < -0.3 is 35.0 Å². The number of rotatable bonds is 12. The van der Waals surface area contributed by atoms with Crippen LogP contribution in [-0.2, 0) is 27.5 Å². The van der Waals surface area contributed by atoms with E-state index < -0.39 is 42.5 Å². The summed E-state index contributed by atoms with van der Waals surface area (Å²) >= 11 is 0. The van der Waals surface area contributed by atoms with E-state index in [0.717, 1.165) is 33.8 Å². The van der Waals surface area contributed by atoms with Crippen molar-refractivity contribution in [2.45, 2.75) is 44.6 Å². The summed E-state index contributed by atoms with van der Waals surface area (Å²) in [4.78, 5) is 32.7. The fraction of sp³-hybridized carbons (Fsp3) is 0.300. The van der Waals surface area contributed by atoms with Crippen molar-refractivity contribution >= 4 is 17.9 Å². The molecule has 224 valence electrons. The van der Waals surface area contributed by atoms with Gasteiger partial charge in [0, 0.05) is 19.6 Å². The van der Waals surface area contributed by atoms with Gasteiger partial charge in [-0.25, -0.2) is 9.18 Å². The smallest absolute Gasteiger partial charge is 0.336 e. The van der Waals surface area contributed by atoms with Gasteiger partial charge >= 0.3 is 17.9 Å². The summed E-state index contributed by atoms with van der Waals surface area (Å²) in [5, 5.41) is 43.8. The summed E-state index contributed by atoms with van der Waals surface area (Å²) in [6.07, 6.45) is -2.74. The highest BCUT2D eigenvalue weighted by atomic mass is 19.1. The third kappa shape index (κ3) is 9.54. The maximum absolute atomic E-state index is 13.6. The predicted molar refractivity (Wildman–Crippen MR) is 147 cm³/mol. The van der Waals surface area contributed by atoms with Crippen molar-refractivity contribution in [1.29, 1.82) is 0 Å². The fourth-order valence-electron chi connectivity index (χ4n) is 4.35. The normalized spacial score (nSPS) is 12.8. The summed E-state index contributed by atoms with van der Waals surface area (Å²) in [5.41, 5.74) is 1.29. The molecule has 3 aromatic rings. The molecule has 42 heavy (non-hydrogen) atoms. The summed E-state index contributed by atoms with van der Waals surface area (Å²) in [6.45, 7) is 3.92. The lowest BCUT2D eigenvalue weighted by Crippen LogP contribution is -2.42. The van der Waals surface area contributed by atoms with Gasteiger partial charge in [0.25, 0.3) is 0 Å². The van der Waals surface area contributed by atoms with Gasteiger partial charge in [0.05, 0.1) is 18.9 Å². The Bertz CT molecular complexity index is 1390. The van der Waals surface area contributed by atoms with Crippen LogP contribution in [0.25, 0.3) is 11.1 Å². The minimum atomic E-state index is -2.74. The van der Waals surface area contributed by atoms with Crippen LogP contribution in [-0.4, -0.2) is 73.4 Å². The van der Waals surface area contributed by atoms with Crippen molar-refractivity contribution in [3.63, 3.8) is 0 Å². The molecule has 0 aromatic heterocycles. The molecule has 0 aliphatic carbocycles. The topological polar surface area (TPSA) is 174 Å². The van der Waals surface area contributed by atoms with E-state index in [1.807, 2.05) is 36.4 Å². The Morgan fingerprint density at radius 1 is 0.857 bits per heavy atom. The van der Waals surface area contributed by atoms with Crippen LogP contribution in [0.15, 0.2) is 66.7 Å². The lowest BCUT2D eigenvalue weighted by Gasteiger charge is -2.24. The van der Waals surface area contributed by atoms with Crippen LogP contribution in [0.5, 0.6) is 11.5 Å². The largest absolute Gasteiger partial charge is 0.481 e. The number of nitrogens with zero attached hydrogens (tertiary/aromatic N) is 1. The molecule has 0 amide bonds. The first-order valence-corrected chi connectivity index (χ1v) is 12.9. The number of hydrogen-bond acceptors (Lipinski definition) is 8. The van der Waals surface area contributed by atoms with Gasteiger partial charge in [-0.2, -0.15) is 0 Å². The van der Waals surface area contributed by atoms with Crippen molar-refractivity contribution in [3.8, 4) is 22.6 Å². The Kier molecular flexibility index (Phi) is 11.0. The Labute approximate surface area is 241 Å². The van der Waals surface area contributed by atoms with Crippen LogP contribution in [0.4, 0.5) is 4.39 Å². The molecule has 0 saturated carbocycles. The van der Waals surface area contributed by atoms with E-state index in [9.17, 15) is 23.9 Å². The molecule has 1 heterocycles. The third-order valence-electron chi connectivity index (χ3n) is 6.14. The molecule has 0 saturated heterocycles. The van der Waals surface area contributed by atoms with E-state index in [2.05, 4.69) is 17.0 Å². The predicted octanol–water partition coefficient (Wildman–Crippen LogP) is 3.36. The molecule has 1 unspecified atom stereocenters. The van der Waals surface area contributed by atoms with Crippen LogP contribution < -0.4 is 9.47 Å². The number of benzene rings is 3. The number of hydrogen-bond donors (Lipinski definition) is 5. The number of aliphatic carboxylic acids is 3. The van der Waals surface area contributed by atoms with Crippen LogP contribution in [0.1, 0.15) is 30.9 Å². The standard InChI is InChI=1S/C24H24FNO3.C6H8O7/c1-17(27)13-26(15-19-8-9-23-24(11-19)29-16-28-23)14-18-4-2-5-20(10-18)21-6-3-7-22(25)12-21;7-3(8)1-6(13,5(11)12)2-4(9)10/h2-12,17,27H,13-16H2,1H3;13H,1-2H2,(H,7,8)(H,9,10)(H,11,12). The number of ether oxygens (including phenoxy) is 2. The van der Waals surface area contributed by atoms with Gasteiger partial charge in [-0.15, -0.1) is 0 Å². The first kappa shape index (κ1) is 32.0. The average molecular weight is 586 g/mol. The monoisotopic (exact) mass is 585 g/mol. The lowest BCUT2D eigenvalue weighted by molar-refractivity contribution is -0.170. The Hall–Kier alpha value is -4.52. The maximum Gasteiger partial charge on any atom is 0.336 e. The highest BCUT2D eigenvalue weighted by Gasteiger charge is 2.40. The highest BCUT2D eigenvalue weighted by molar-refractivity contribution is 5.88. The zero-order chi connectivity index (χ0) is 30.9. The summed E-state index contributed by atoms with van der Waals surface area (Å²) < 4.78 is 24.4. The number of aliphatic hydroxyl groups is 2. The van der Waals surface area contributed by atoms with Gasteiger partial charge in [0.1, 0.15) is 5.82 Å². The molecule has 12 heteroatoms. The number of carboxylic acid groups (broad SMARTS) is 3. The number of carbonyl (C=O) groups is 3. The second-order valence-corrected chi connectivity index (χ2v) is 9.89. The number of aliphatic hydroxyl groups excluding tert-OH is 1. The molecule has 0 radical (unpaired) electrons. The Balaban J connectivity index is 0.000000316. The van der Waals surface area contributed by atoms with E-state index in [1.165, 1.54) is 6.07 Å². The molecular weight excluding hydrogens is 553 g/mol. The first-order valence-electron chi connectivity index (χ1n) is 12.9. The lowest BCUT2D eigenvalue weighted by atomic mass is 9.96. The van der Waals surface area contributed by atoms with Crippen LogP contribution in [0.3, 0.4) is 0 Å². The molecule has 0 fully saturated rings. The van der Waals surface area contributed by atoms with E-state index >= 15 is 0 Å². The number of halogens is 1. The molecule has 1 aliphatic rings. The molecule has 3 aromatic carbocycles. The van der Waals surface area contributed by atoms with Gasteiger partial charge in [-0.3, -0.25) is 14.5 Å². The third-order valence-corrected chi connectivity index (χ3v) is 6.14. The quantitative estimate of drug-likeness (QED) is 0.211. The Morgan fingerprint density at radius 2 is 1.43 bits per heavy atom. The van der Waals surface area contributed by atoms with Gasteiger partial charge in [-0.05, 0) is 59.5 Å². The molecule has 4 rings (SSSR count). The average Bonchev–Trinajstić information content (AvgIpc) is 3.36. The molecular formula is C30H32FNO10. The number of fused-ring (bicyclic) bond motifs is 1. The second kappa shape index (κ2) is 14.4. The molecule has 0 spiro atoms. The van der Waals surface area contributed by atoms with Crippen molar-refractivity contribution < 1.29 is 53.8 Å². The van der Waals surface area contributed by atoms with Gasteiger partial charge in [0.2, 0.25) is 6.79 Å². The summed E-state index contributed by atoms with van der Waals surface area (Å²) in [6, 6.07) is 20.6. The highest BCUT2D eigenvalue weighted by Crippen LogP contribution is 2.33. The Morgan fingerprint density at radius 3 is 2.00 bits per heavy atom.